The molecule has 0 aliphatic carbocycles. The molecule has 1 aromatic carbocycles. The molecule has 2 rings (SSSR count). The van der Waals surface area contributed by atoms with E-state index in [9.17, 15) is 9.59 Å². The number of hydrogen-bond acceptors (Lipinski definition) is 3. The summed E-state index contributed by atoms with van der Waals surface area (Å²) in [5.74, 6) is -1.51. The molecular formula is C13H16N2O3. The summed E-state index contributed by atoms with van der Waals surface area (Å²) in [6.45, 7) is 0.885. The Morgan fingerprint density at radius 2 is 2.06 bits per heavy atom. The van der Waals surface area contributed by atoms with Crippen LogP contribution in [0.5, 0.6) is 0 Å². The van der Waals surface area contributed by atoms with E-state index < -0.39 is 11.9 Å². The fourth-order valence-corrected chi connectivity index (χ4v) is 2.10. The molecule has 1 saturated heterocycles. The van der Waals surface area contributed by atoms with E-state index in [1.54, 1.807) is 4.90 Å². The number of anilines is 1. The van der Waals surface area contributed by atoms with Gasteiger partial charge < -0.3 is 15.7 Å². The molecule has 1 aliphatic rings. The highest BCUT2D eigenvalue weighted by Crippen LogP contribution is 2.18. The number of amides is 1. The predicted octanol–water partition coefficient (Wildman–Crippen LogP) is 0.744. The lowest BCUT2D eigenvalue weighted by Gasteiger charge is -2.15. The number of aliphatic carboxylic acids is 1. The second-order valence-corrected chi connectivity index (χ2v) is 4.57. The maximum atomic E-state index is 11.6. The van der Waals surface area contributed by atoms with Crippen LogP contribution in [0.1, 0.15) is 12.0 Å². The third-order valence-electron chi connectivity index (χ3n) is 3.21. The van der Waals surface area contributed by atoms with E-state index in [1.165, 1.54) is 0 Å². The molecule has 5 nitrogen and oxygen atoms in total. The van der Waals surface area contributed by atoms with Crippen molar-refractivity contribution in [2.45, 2.75) is 12.8 Å². The SMILES string of the molecule is Nc1ccc(CCN2CC(C(=O)O)CC2=O)cc1. The Labute approximate surface area is 105 Å². The van der Waals surface area contributed by atoms with Crippen LogP contribution in [0.25, 0.3) is 0 Å². The van der Waals surface area contributed by atoms with Gasteiger partial charge >= 0.3 is 5.97 Å². The molecular weight excluding hydrogens is 232 g/mol. The number of benzene rings is 1. The molecule has 0 spiro atoms. The summed E-state index contributed by atoms with van der Waals surface area (Å²) in [4.78, 5) is 24.0. The zero-order valence-electron chi connectivity index (χ0n) is 10.0. The van der Waals surface area contributed by atoms with Gasteiger partial charge in [0.25, 0.3) is 0 Å². The van der Waals surface area contributed by atoms with Gasteiger partial charge in [0, 0.05) is 25.2 Å². The zero-order valence-corrected chi connectivity index (χ0v) is 10.0. The standard InChI is InChI=1S/C13H16N2O3/c14-11-3-1-9(2-4-11)5-6-15-8-10(13(17)18)7-12(15)16/h1-4,10H,5-8,14H2,(H,17,18). The van der Waals surface area contributed by atoms with Crippen LogP contribution in [0.4, 0.5) is 5.69 Å². The number of carboxylic acids is 1. The fourth-order valence-electron chi connectivity index (χ4n) is 2.10. The number of carbonyl (C=O) groups is 2. The molecule has 3 N–H and O–H groups in total. The summed E-state index contributed by atoms with van der Waals surface area (Å²) in [7, 11) is 0. The van der Waals surface area contributed by atoms with E-state index >= 15 is 0 Å². The minimum Gasteiger partial charge on any atom is -0.481 e. The summed E-state index contributed by atoms with van der Waals surface area (Å²) in [6.07, 6.45) is 0.843. The molecule has 1 aliphatic heterocycles. The van der Waals surface area contributed by atoms with Crippen molar-refractivity contribution in [3.05, 3.63) is 29.8 Å². The van der Waals surface area contributed by atoms with E-state index in [2.05, 4.69) is 0 Å². The highest BCUT2D eigenvalue weighted by molar-refractivity contribution is 5.86. The molecule has 0 saturated carbocycles. The van der Waals surface area contributed by atoms with Crippen LogP contribution in [0.2, 0.25) is 0 Å². The van der Waals surface area contributed by atoms with Gasteiger partial charge in [-0.05, 0) is 24.1 Å². The molecule has 5 heteroatoms. The molecule has 1 fully saturated rings. The number of nitrogens with zero attached hydrogens (tertiary/aromatic N) is 1. The van der Waals surface area contributed by atoms with Crippen molar-refractivity contribution >= 4 is 17.6 Å². The van der Waals surface area contributed by atoms with Gasteiger partial charge in [-0.25, -0.2) is 0 Å². The lowest BCUT2D eigenvalue weighted by Crippen LogP contribution is -2.28. The molecule has 1 amide bonds. The minimum absolute atomic E-state index is 0.0714. The second-order valence-electron chi connectivity index (χ2n) is 4.57. The van der Waals surface area contributed by atoms with Crippen LogP contribution in [0.15, 0.2) is 24.3 Å². The Hall–Kier alpha value is -2.04. The summed E-state index contributed by atoms with van der Waals surface area (Å²) < 4.78 is 0. The van der Waals surface area contributed by atoms with Crippen molar-refractivity contribution in [2.75, 3.05) is 18.8 Å². The Kier molecular flexibility index (Phi) is 3.50. The van der Waals surface area contributed by atoms with Crippen LogP contribution >= 0.6 is 0 Å². The van der Waals surface area contributed by atoms with E-state index in [0.717, 1.165) is 12.0 Å². The molecule has 1 heterocycles. The number of likely N-dealkylation sites (tertiary alicyclic amines) is 1. The smallest absolute Gasteiger partial charge is 0.308 e. The van der Waals surface area contributed by atoms with Gasteiger partial charge in [0.15, 0.2) is 0 Å². The third-order valence-corrected chi connectivity index (χ3v) is 3.21. The first-order chi connectivity index (χ1) is 8.56. The Morgan fingerprint density at radius 3 is 2.61 bits per heavy atom. The molecule has 96 valence electrons. The number of carbonyl (C=O) groups excluding carboxylic acids is 1. The average Bonchev–Trinajstić information content (AvgIpc) is 2.70. The average molecular weight is 248 g/mol. The van der Waals surface area contributed by atoms with Gasteiger partial charge in [0.05, 0.1) is 5.92 Å². The van der Waals surface area contributed by atoms with Crippen molar-refractivity contribution in [2.24, 2.45) is 5.92 Å². The highest BCUT2D eigenvalue weighted by atomic mass is 16.4. The summed E-state index contributed by atoms with van der Waals surface area (Å²) in [5, 5.41) is 8.87. The van der Waals surface area contributed by atoms with Crippen molar-refractivity contribution in [1.29, 1.82) is 0 Å². The minimum atomic E-state index is -0.890. The van der Waals surface area contributed by atoms with E-state index in [4.69, 9.17) is 10.8 Å². The van der Waals surface area contributed by atoms with Crippen LogP contribution in [-0.4, -0.2) is 35.0 Å². The lowest BCUT2D eigenvalue weighted by atomic mass is 10.1. The van der Waals surface area contributed by atoms with Crippen LogP contribution < -0.4 is 5.73 Å². The van der Waals surface area contributed by atoms with Gasteiger partial charge in [-0.2, -0.15) is 0 Å². The Morgan fingerprint density at radius 1 is 1.39 bits per heavy atom. The molecule has 0 bridgehead atoms. The third kappa shape index (κ3) is 2.80. The van der Waals surface area contributed by atoms with E-state index in [1.807, 2.05) is 24.3 Å². The van der Waals surface area contributed by atoms with Crippen LogP contribution in [0.3, 0.4) is 0 Å². The second kappa shape index (κ2) is 5.08. The van der Waals surface area contributed by atoms with Crippen LogP contribution in [0, 0.1) is 5.92 Å². The molecule has 1 atom stereocenters. The normalized spacial score (nSPS) is 19.2. The van der Waals surface area contributed by atoms with Crippen molar-refractivity contribution < 1.29 is 14.7 Å². The summed E-state index contributed by atoms with van der Waals surface area (Å²) in [5.41, 5.74) is 7.39. The van der Waals surface area contributed by atoms with Gasteiger partial charge in [-0.3, -0.25) is 9.59 Å². The van der Waals surface area contributed by atoms with Gasteiger partial charge in [0.1, 0.15) is 0 Å². The first-order valence-electron chi connectivity index (χ1n) is 5.91. The number of hydrogen-bond donors (Lipinski definition) is 2. The molecule has 1 aromatic rings. The van der Waals surface area contributed by atoms with Gasteiger partial charge in [-0.1, -0.05) is 12.1 Å². The number of carboxylic acid groups (broad SMARTS) is 1. The highest BCUT2D eigenvalue weighted by Gasteiger charge is 2.33. The van der Waals surface area contributed by atoms with Crippen LogP contribution in [-0.2, 0) is 16.0 Å². The summed E-state index contributed by atoms with van der Waals surface area (Å²) in [6, 6.07) is 7.48. The molecule has 0 aromatic heterocycles. The maximum absolute atomic E-state index is 11.6. The molecule has 1 unspecified atom stereocenters. The quantitative estimate of drug-likeness (QED) is 0.770. The first-order valence-corrected chi connectivity index (χ1v) is 5.91. The van der Waals surface area contributed by atoms with Gasteiger partial charge in [-0.15, -0.1) is 0 Å². The van der Waals surface area contributed by atoms with E-state index in [0.29, 0.717) is 18.8 Å². The number of nitrogen functional groups attached to an aromatic ring is 1. The molecule has 0 radical (unpaired) electrons. The number of nitrogens with two attached hydrogens (primary N) is 1. The number of rotatable bonds is 4. The van der Waals surface area contributed by atoms with Crippen molar-refractivity contribution in [3.8, 4) is 0 Å². The van der Waals surface area contributed by atoms with E-state index in [-0.39, 0.29) is 12.3 Å². The van der Waals surface area contributed by atoms with Crippen molar-refractivity contribution in [1.82, 2.24) is 4.90 Å². The monoisotopic (exact) mass is 248 g/mol. The maximum Gasteiger partial charge on any atom is 0.308 e. The Bertz CT molecular complexity index is 456. The largest absolute Gasteiger partial charge is 0.481 e. The Balaban J connectivity index is 1.89. The first kappa shape index (κ1) is 12.4. The zero-order chi connectivity index (χ0) is 13.1. The lowest BCUT2D eigenvalue weighted by molar-refractivity contribution is -0.141. The fraction of sp³-hybridized carbons (Fsp3) is 0.385. The van der Waals surface area contributed by atoms with Crippen molar-refractivity contribution in [3.63, 3.8) is 0 Å². The predicted molar refractivity (Wildman–Crippen MR) is 66.9 cm³/mol. The molecule has 18 heavy (non-hydrogen) atoms. The topological polar surface area (TPSA) is 83.6 Å². The van der Waals surface area contributed by atoms with Gasteiger partial charge in [0.2, 0.25) is 5.91 Å². The summed E-state index contributed by atoms with van der Waals surface area (Å²) >= 11 is 0.